The summed E-state index contributed by atoms with van der Waals surface area (Å²) in [6, 6.07) is 9.31. The van der Waals surface area contributed by atoms with Gasteiger partial charge in [-0.15, -0.1) is 0 Å². The fourth-order valence-corrected chi connectivity index (χ4v) is 3.22. The van der Waals surface area contributed by atoms with Crippen LogP contribution in [0.5, 0.6) is 5.75 Å². The van der Waals surface area contributed by atoms with Crippen LogP contribution in [0.2, 0.25) is 0 Å². The predicted molar refractivity (Wildman–Crippen MR) is 84.7 cm³/mol. The Bertz CT molecular complexity index is 853. The molecule has 0 spiro atoms. The Balaban J connectivity index is 2.25. The summed E-state index contributed by atoms with van der Waals surface area (Å²) in [6.45, 7) is 0.0605. The molecule has 7 nitrogen and oxygen atoms in total. The van der Waals surface area contributed by atoms with Gasteiger partial charge in [0.15, 0.2) is 0 Å². The van der Waals surface area contributed by atoms with Gasteiger partial charge >= 0.3 is 5.69 Å². The Morgan fingerprint density at radius 1 is 1.21 bits per heavy atom. The highest BCUT2D eigenvalue weighted by atomic mass is 32.2. The van der Waals surface area contributed by atoms with Gasteiger partial charge in [-0.25, -0.2) is 8.42 Å². The average Bonchev–Trinajstić information content (AvgIpc) is 2.55. The van der Waals surface area contributed by atoms with Crippen LogP contribution in [-0.4, -0.2) is 31.8 Å². The highest BCUT2D eigenvalue weighted by Gasteiger charge is 2.24. The summed E-state index contributed by atoms with van der Waals surface area (Å²) in [7, 11) is -1.11. The van der Waals surface area contributed by atoms with Crippen molar-refractivity contribution in [2.75, 3.05) is 14.2 Å². The molecular formula is C15H15FN2O5S. The van der Waals surface area contributed by atoms with Gasteiger partial charge in [0.25, 0.3) is 0 Å². The van der Waals surface area contributed by atoms with Crippen LogP contribution in [0.15, 0.2) is 47.4 Å². The zero-order valence-corrected chi connectivity index (χ0v) is 13.8. The monoisotopic (exact) mass is 354 g/mol. The molecule has 0 bridgehead atoms. The van der Waals surface area contributed by atoms with E-state index in [0.29, 0.717) is 17.4 Å². The molecule has 0 heterocycles. The lowest BCUT2D eigenvalue weighted by Crippen LogP contribution is -2.26. The van der Waals surface area contributed by atoms with Crippen molar-refractivity contribution in [3.05, 3.63) is 64.0 Å². The zero-order chi connectivity index (χ0) is 17.9. The van der Waals surface area contributed by atoms with Gasteiger partial charge in [0.05, 0.1) is 16.9 Å². The van der Waals surface area contributed by atoms with Gasteiger partial charge in [-0.2, -0.15) is 8.70 Å². The first kappa shape index (κ1) is 17.8. The number of nitro benzene ring substituents is 1. The summed E-state index contributed by atoms with van der Waals surface area (Å²) in [4.78, 5) is 9.35. The summed E-state index contributed by atoms with van der Waals surface area (Å²) in [5.41, 5.74) is -0.0592. The van der Waals surface area contributed by atoms with E-state index < -0.39 is 26.5 Å². The highest BCUT2D eigenvalue weighted by molar-refractivity contribution is 7.89. The summed E-state index contributed by atoms with van der Waals surface area (Å²) in [5, 5.41) is 10.6. The van der Waals surface area contributed by atoms with E-state index in [-0.39, 0.29) is 11.4 Å². The average molecular weight is 354 g/mol. The normalized spacial score (nSPS) is 11.5. The Morgan fingerprint density at radius 3 is 2.33 bits per heavy atom. The number of ether oxygens (including phenoxy) is 1. The lowest BCUT2D eigenvalue weighted by molar-refractivity contribution is -0.387. The van der Waals surface area contributed by atoms with Gasteiger partial charge in [-0.05, 0) is 23.8 Å². The smallest absolute Gasteiger partial charge is 0.304 e. The maximum absolute atomic E-state index is 13.7. The SMILES string of the molecule is COc1ccc(CN(C)S(=O)(=O)c2ccc([N+](=O)[O-])c(F)c2)cc1. The van der Waals surface area contributed by atoms with Gasteiger partial charge in [0.1, 0.15) is 5.75 Å². The number of rotatable bonds is 6. The molecule has 0 aliphatic rings. The van der Waals surface area contributed by atoms with Gasteiger partial charge in [-0.1, -0.05) is 12.1 Å². The predicted octanol–water partition coefficient (Wildman–Crippen LogP) is 2.56. The van der Waals surface area contributed by atoms with Gasteiger partial charge in [-0.3, -0.25) is 10.1 Å². The van der Waals surface area contributed by atoms with Crippen molar-refractivity contribution in [1.29, 1.82) is 0 Å². The Hall–Kier alpha value is -2.52. The molecule has 0 aliphatic heterocycles. The van der Waals surface area contributed by atoms with Gasteiger partial charge in [0, 0.05) is 25.7 Å². The summed E-state index contributed by atoms with van der Waals surface area (Å²) >= 11 is 0. The molecular weight excluding hydrogens is 339 g/mol. The molecule has 0 saturated heterocycles. The first-order chi connectivity index (χ1) is 11.3. The molecule has 0 fully saturated rings. The first-order valence-electron chi connectivity index (χ1n) is 6.79. The van der Waals surface area contributed by atoms with Crippen LogP contribution in [0.1, 0.15) is 5.56 Å². The van der Waals surface area contributed by atoms with Crippen molar-refractivity contribution >= 4 is 15.7 Å². The number of benzene rings is 2. The van der Waals surface area contributed by atoms with Crippen LogP contribution >= 0.6 is 0 Å². The number of hydrogen-bond acceptors (Lipinski definition) is 5. The molecule has 0 saturated carbocycles. The molecule has 0 N–H and O–H groups in total. The minimum Gasteiger partial charge on any atom is -0.497 e. The largest absolute Gasteiger partial charge is 0.497 e. The Morgan fingerprint density at radius 2 is 1.83 bits per heavy atom. The number of sulfonamides is 1. The van der Waals surface area contributed by atoms with Crippen LogP contribution in [0.4, 0.5) is 10.1 Å². The molecule has 9 heteroatoms. The van der Waals surface area contributed by atoms with Crippen LogP contribution in [0, 0.1) is 15.9 Å². The molecule has 0 radical (unpaired) electrons. The van der Waals surface area contributed by atoms with Crippen molar-refractivity contribution in [3.63, 3.8) is 0 Å². The van der Waals surface area contributed by atoms with Crippen LogP contribution in [-0.2, 0) is 16.6 Å². The van der Waals surface area contributed by atoms with E-state index in [2.05, 4.69) is 0 Å². The number of methoxy groups -OCH3 is 1. The first-order valence-corrected chi connectivity index (χ1v) is 8.23. The second-order valence-corrected chi connectivity index (χ2v) is 7.02. The van der Waals surface area contributed by atoms with Crippen molar-refractivity contribution in [3.8, 4) is 5.75 Å². The molecule has 0 aliphatic carbocycles. The van der Waals surface area contributed by atoms with Crippen LogP contribution in [0.25, 0.3) is 0 Å². The molecule has 128 valence electrons. The third kappa shape index (κ3) is 3.69. The van der Waals surface area contributed by atoms with E-state index in [0.717, 1.165) is 16.4 Å². The summed E-state index contributed by atoms with van der Waals surface area (Å²) in [5.74, 6) is -0.555. The van der Waals surface area contributed by atoms with E-state index in [1.165, 1.54) is 14.2 Å². The minimum absolute atomic E-state index is 0.0605. The number of nitrogens with zero attached hydrogens (tertiary/aromatic N) is 2. The van der Waals surface area contributed by atoms with Crippen molar-refractivity contribution < 1.29 is 22.5 Å². The molecule has 2 aromatic rings. The molecule has 2 aromatic carbocycles. The molecule has 24 heavy (non-hydrogen) atoms. The summed E-state index contributed by atoms with van der Waals surface area (Å²) in [6.07, 6.45) is 0. The third-order valence-corrected chi connectivity index (χ3v) is 5.19. The Labute approximate surface area is 138 Å². The Kier molecular flexibility index (Phi) is 5.15. The second-order valence-electron chi connectivity index (χ2n) is 4.98. The molecule has 0 aromatic heterocycles. The maximum Gasteiger partial charge on any atom is 0.304 e. The van der Waals surface area contributed by atoms with Crippen molar-refractivity contribution in [2.45, 2.75) is 11.4 Å². The number of hydrogen-bond donors (Lipinski definition) is 0. The van der Waals surface area contributed by atoms with Crippen LogP contribution < -0.4 is 4.74 Å². The second kappa shape index (κ2) is 6.93. The topological polar surface area (TPSA) is 89.8 Å². The number of nitro groups is 1. The van der Waals surface area contributed by atoms with Gasteiger partial charge < -0.3 is 4.74 Å². The van der Waals surface area contributed by atoms with Crippen molar-refractivity contribution in [1.82, 2.24) is 4.31 Å². The third-order valence-electron chi connectivity index (χ3n) is 3.39. The zero-order valence-electron chi connectivity index (χ0n) is 13.0. The van der Waals surface area contributed by atoms with Gasteiger partial charge in [0.2, 0.25) is 15.8 Å². The lowest BCUT2D eigenvalue weighted by Gasteiger charge is -2.17. The van der Waals surface area contributed by atoms with E-state index >= 15 is 0 Å². The van der Waals surface area contributed by atoms with Crippen LogP contribution in [0.3, 0.4) is 0 Å². The highest BCUT2D eigenvalue weighted by Crippen LogP contribution is 2.23. The van der Waals surface area contributed by atoms with E-state index in [4.69, 9.17) is 4.74 Å². The fourth-order valence-electron chi connectivity index (χ4n) is 2.05. The van der Waals surface area contributed by atoms with Crippen molar-refractivity contribution in [2.24, 2.45) is 0 Å². The van der Waals surface area contributed by atoms with E-state index in [1.807, 2.05) is 0 Å². The minimum atomic E-state index is -3.98. The fraction of sp³-hybridized carbons (Fsp3) is 0.200. The quantitative estimate of drug-likeness (QED) is 0.587. The molecule has 0 atom stereocenters. The maximum atomic E-state index is 13.7. The van der Waals surface area contributed by atoms with E-state index in [9.17, 15) is 22.9 Å². The molecule has 0 amide bonds. The molecule has 2 rings (SSSR count). The van der Waals surface area contributed by atoms with E-state index in [1.54, 1.807) is 24.3 Å². The molecule has 0 unspecified atom stereocenters. The number of halogens is 1. The lowest BCUT2D eigenvalue weighted by atomic mass is 10.2. The standard InChI is InChI=1S/C15H15FN2O5S/c1-17(10-11-3-5-12(23-2)6-4-11)24(21,22)13-7-8-15(18(19)20)14(16)9-13/h3-9H,10H2,1-2H3. The summed E-state index contributed by atoms with van der Waals surface area (Å²) < 4.78 is 44.6.